The molecule has 8 heteroatoms. The van der Waals surface area contributed by atoms with Crippen molar-refractivity contribution >= 4 is 21.6 Å². The van der Waals surface area contributed by atoms with Crippen molar-refractivity contribution in [2.24, 2.45) is 0 Å². The van der Waals surface area contributed by atoms with Gasteiger partial charge in [-0.3, -0.25) is 9.59 Å². The van der Waals surface area contributed by atoms with Crippen LogP contribution in [-0.2, 0) is 10.0 Å². The molecule has 0 amide bonds. The number of allylic oxidation sites excluding steroid dienone is 2. The summed E-state index contributed by atoms with van der Waals surface area (Å²) >= 11 is 0. The summed E-state index contributed by atoms with van der Waals surface area (Å²) in [6.07, 6.45) is 3.70. The van der Waals surface area contributed by atoms with E-state index < -0.39 is 26.5 Å². The lowest BCUT2D eigenvalue weighted by atomic mass is 9.91. The molecule has 7 nitrogen and oxygen atoms in total. The van der Waals surface area contributed by atoms with E-state index in [4.69, 9.17) is 5.11 Å². The van der Waals surface area contributed by atoms with Crippen molar-refractivity contribution in [3.63, 3.8) is 0 Å². The van der Waals surface area contributed by atoms with Crippen molar-refractivity contribution in [1.29, 1.82) is 0 Å². The van der Waals surface area contributed by atoms with Crippen LogP contribution < -0.4 is 0 Å². The zero-order chi connectivity index (χ0) is 19.6. The third-order valence-corrected chi connectivity index (χ3v) is 6.96. The molecule has 0 spiro atoms. The lowest BCUT2D eigenvalue weighted by Crippen LogP contribution is -2.41. The number of fused-ring (bicyclic) bond motifs is 1. The number of carbonyl (C=O) groups excluding carboxylic acids is 2. The van der Waals surface area contributed by atoms with Gasteiger partial charge in [0.05, 0.1) is 6.61 Å². The lowest BCUT2D eigenvalue weighted by Gasteiger charge is -2.31. The van der Waals surface area contributed by atoms with Crippen LogP contribution >= 0.6 is 0 Å². The molecule has 1 N–H and O–H groups in total. The van der Waals surface area contributed by atoms with Crippen LogP contribution in [0.25, 0.3) is 0 Å². The molecular weight excluding hydrogens is 368 g/mol. The average Bonchev–Trinajstić information content (AvgIpc) is 2.93. The molecule has 3 rings (SSSR count). The maximum atomic E-state index is 13.2. The topological polar surface area (TPSA) is 95.0 Å². The monoisotopic (exact) mass is 392 g/mol. The fourth-order valence-electron chi connectivity index (χ4n) is 3.58. The number of nitrogens with zero attached hydrogens (tertiary/aromatic N) is 2. The van der Waals surface area contributed by atoms with Gasteiger partial charge in [-0.1, -0.05) is 37.1 Å². The molecule has 0 saturated carbocycles. The van der Waals surface area contributed by atoms with Crippen LogP contribution in [0.15, 0.2) is 34.9 Å². The predicted octanol–water partition coefficient (Wildman–Crippen LogP) is 1.41. The van der Waals surface area contributed by atoms with Crippen molar-refractivity contribution in [3.05, 3.63) is 46.0 Å². The number of likely N-dealkylation sites (N-methyl/N-ethyl adjacent to an activating group) is 1. The second-order valence-electron chi connectivity index (χ2n) is 6.83. The summed E-state index contributed by atoms with van der Waals surface area (Å²) in [6.45, 7) is 0.557. The third-order valence-electron chi connectivity index (χ3n) is 5.06. The molecule has 0 radical (unpaired) electrons. The van der Waals surface area contributed by atoms with Gasteiger partial charge in [0.1, 0.15) is 5.70 Å². The summed E-state index contributed by atoms with van der Waals surface area (Å²) in [6, 6.07) is 6.33. The van der Waals surface area contributed by atoms with Gasteiger partial charge in [0.2, 0.25) is 21.6 Å². The predicted molar refractivity (Wildman–Crippen MR) is 101 cm³/mol. The van der Waals surface area contributed by atoms with Gasteiger partial charge in [0.15, 0.2) is 4.91 Å². The molecule has 27 heavy (non-hydrogen) atoms. The molecule has 1 aromatic rings. The van der Waals surface area contributed by atoms with Gasteiger partial charge in [-0.2, -0.15) is 4.31 Å². The van der Waals surface area contributed by atoms with E-state index in [0.717, 1.165) is 30.0 Å². The molecule has 1 fully saturated rings. The fraction of sp³-hybridized carbons (Fsp3) is 0.474. The standard InChI is InChI=1S/C19H24N2O5S/c1-20(12-13-22)27(25,26)19-16(21-10-6-2-3-7-11-21)17(23)14-8-4-5-9-15(14)18(19)24/h4-5,8-9,22H,2-3,6-7,10-13H2,1H3. The Morgan fingerprint density at radius 3 is 2.11 bits per heavy atom. The smallest absolute Gasteiger partial charge is 0.249 e. The van der Waals surface area contributed by atoms with Crippen molar-refractivity contribution < 1.29 is 23.1 Å². The summed E-state index contributed by atoms with van der Waals surface area (Å²) in [5.74, 6) is -1.09. The van der Waals surface area contributed by atoms with E-state index in [1.54, 1.807) is 23.1 Å². The van der Waals surface area contributed by atoms with E-state index in [9.17, 15) is 18.0 Å². The maximum Gasteiger partial charge on any atom is 0.249 e. The highest BCUT2D eigenvalue weighted by atomic mass is 32.2. The molecule has 0 aromatic heterocycles. The average molecular weight is 392 g/mol. The minimum Gasteiger partial charge on any atom is -0.395 e. The number of carbonyl (C=O) groups is 2. The fourth-order valence-corrected chi connectivity index (χ4v) is 5.02. The number of ketones is 2. The number of sulfonamides is 1. The van der Waals surface area contributed by atoms with Crippen LogP contribution in [0.4, 0.5) is 0 Å². The molecule has 1 aromatic carbocycles. The molecule has 2 aliphatic rings. The number of benzene rings is 1. The molecule has 1 aliphatic carbocycles. The van der Waals surface area contributed by atoms with E-state index in [1.807, 2.05) is 0 Å². The van der Waals surface area contributed by atoms with Gasteiger partial charge >= 0.3 is 0 Å². The second kappa shape index (κ2) is 7.92. The van der Waals surface area contributed by atoms with E-state index in [-0.39, 0.29) is 30.0 Å². The van der Waals surface area contributed by atoms with Crippen LogP contribution in [-0.4, -0.2) is 67.6 Å². The Balaban J connectivity index is 2.21. The number of likely N-dealkylation sites (tertiary alicyclic amines) is 1. The molecule has 0 atom stereocenters. The zero-order valence-electron chi connectivity index (χ0n) is 15.3. The van der Waals surface area contributed by atoms with Gasteiger partial charge in [0, 0.05) is 37.8 Å². The first kappa shape index (κ1) is 19.7. The Morgan fingerprint density at radius 2 is 1.56 bits per heavy atom. The molecule has 1 heterocycles. The molecule has 0 unspecified atom stereocenters. The van der Waals surface area contributed by atoms with Gasteiger partial charge < -0.3 is 10.0 Å². The van der Waals surface area contributed by atoms with E-state index in [1.165, 1.54) is 13.1 Å². The Bertz CT molecular complexity index is 883. The van der Waals surface area contributed by atoms with E-state index in [0.29, 0.717) is 13.1 Å². The number of aliphatic hydroxyl groups excluding tert-OH is 1. The Labute approximate surface area is 159 Å². The van der Waals surface area contributed by atoms with Crippen molar-refractivity contribution in [2.75, 3.05) is 33.3 Å². The minimum atomic E-state index is -4.22. The Morgan fingerprint density at radius 1 is 1.00 bits per heavy atom. The zero-order valence-corrected chi connectivity index (χ0v) is 16.2. The second-order valence-corrected chi connectivity index (χ2v) is 8.81. The summed E-state index contributed by atoms with van der Waals surface area (Å²) in [5.41, 5.74) is 0.327. The first-order valence-corrected chi connectivity index (χ1v) is 10.6. The van der Waals surface area contributed by atoms with Crippen LogP contribution in [0.3, 0.4) is 0 Å². The largest absolute Gasteiger partial charge is 0.395 e. The highest BCUT2D eigenvalue weighted by Gasteiger charge is 2.42. The highest BCUT2D eigenvalue weighted by Crippen LogP contribution is 2.33. The Kier molecular flexibility index (Phi) is 5.78. The Hall–Kier alpha value is -2.03. The van der Waals surface area contributed by atoms with Gasteiger partial charge in [-0.05, 0) is 12.8 Å². The van der Waals surface area contributed by atoms with Crippen molar-refractivity contribution in [2.45, 2.75) is 25.7 Å². The molecule has 1 aliphatic heterocycles. The van der Waals surface area contributed by atoms with Crippen LogP contribution in [0.1, 0.15) is 46.4 Å². The molecule has 1 saturated heterocycles. The summed E-state index contributed by atoms with van der Waals surface area (Å²) < 4.78 is 27.2. The van der Waals surface area contributed by atoms with Gasteiger partial charge in [-0.25, -0.2) is 8.42 Å². The first-order valence-electron chi connectivity index (χ1n) is 9.14. The maximum absolute atomic E-state index is 13.2. The molecule has 146 valence electrons. The number of aliphatic hydroxyl groups is 1. The first-order chi connectivity index (χ1) is 12.9. The summed E-state index contributed by atoms with van der Waals surface area (Å²) in [5, 5.41) is 9.14. The number of rotatable bonds is 5. The van der Waals surface area contributed by atoms with Gasteiger partial charge in [0.25, 0.3) is 0 Å². The van der Waals surface area contributed by atoms with E-state index in [2.05, 4.69) is 0 Å². The van der Waals surface area contributed by atoms with Gasteiger partial charge in [-0.15, -0.1) is 0 Å². The van der Waals surface area contributed by atoms with Crippen molar-refractivity contribution in [3.8, 4) is 0 Å². The highest BCUT2D eigenvalue weighted by molar-refractivity contribution is 7.94. The van der Waals surface area contributed by atoms with Crippen LogP contribution in [0, 0.1) is 0 Å². The molecular formula is C19H24N2O5S. The minimum absolute atomic E-state index is 0.0228. The SMILES string of the molecule is CN(CCO)S(=O)(=O)C1=C(N2CCCCCC2)C(=O)c2ccccc2C1=O. The number of Topliss-reactive ketones (excluding diaryl/α,β-unsaturated/α-hetero) is 2. The van der Waals surface area contributed by atoms with Crippen molar-refractivity contribution in [1.82, 2.24) is 9.21 Å². The normalized spacial score (nSPS) is 18.7. The lowest BCUT2D eigenvalue weighted by molar-refractivity contribution is 0.0946. The van der Waals surface area contributed by atoms with Crippen LogP contribution in [0.5, 0.6) is 0 Å². The third kappa shape index (κ3) is 3.56. The summed E-state index contributed by atoms with van der Waals surface area (Å²) in [4.78, 5) is 27.7. The van der Waals surface area contributed by atoms with Crippen LogP contribution in [0.2, 0.25) is 0 Å². The quantitative estimate of drug-likeness (QED) is 0.814. The van der Waals surface area contributed by atoms with E-state index >= 15 is 0 Å². The number of hydrogen-bond donors (Lipinski definition) is 1. The number of hydrogen-bond acceptors (Lipinski definition) is 6. The summed E-state index contributed by atoms with van der Waals surface area (Å²) in [7, 11) is -2.92. The molecule has 0 bridgehead atoms.